The second kappa shape index (κ2) is 6.33. The molecule has 0 aliphatic carbocycles. The van der Waals surface area contributed by atoms with Gasteiger partial charge in [0.05, 0.1) is 11.2 Å². The van der Waals surface area contributed by atoms with Gasteiger partial charge in [-0.25, -0.2) is 4.98 Å². The minimum Gasteiger partial charge on any atom is -0.314 e. The van der Waals surface area contributed by atoms with Crippen LogP contribution in [-0.2, 0) is 6.54 Å². The summed E-state index contributed by atoms with van der Waals surface area (Å²) < 4.78 is 0. The zero-order valence-corrected chi connectivity index (χ0v) is 10.7. The van der Waals surface area contributed by atoms with Gasteiger partial charge in [-0.05, 0) is 32.7 Å². The molecule has 0 aromatic carbocycles. The lowest BCUT2D eigenvalue weighted by Gasteiger charge is -2.26. The van der Waals surface area contributed by atoms with Crippen LogP contribution < -0.4 is 10.6 Å². The molecule has 1 fully saturated rings. The number of hydrogen-bond donors (Lipinski definition) is 2. The largest absolute Gasteiger partial charge is 0.314 e. The maximum atomic E-state index is 4.28. The zero-order chi connectivity index (χ0) is 11.2. The average molecular weight is 239 g/mol. The van der Waals surface area contributed by atoms with Crippen LogP contribution in [0.5, 0.6) is 0 Å². The van der Waals surface area contributed by atoms with Crippen molar-refractivity contribution < 1.29 is 0 Å². The molecule has 2 heterocycles. The molecule has 2 N–H and O–H groups in total. The van der Waals surface area contributed by atoms with E-state index < -0.39 is 0 Å². The molecule has 0 radical (unpaired) electrons. The third-order valence-corrected chi connectivity index (χ3v) is 3.80. The van der Waals surface area contributed by atoms with Gasteiger partial charge in [0.1, 0.15) is 0 Å². The summed E-state index contributed by atoms with van der Waals surface area (Å²) in [6.07, 6.45) is 5.29. The molecule has 0 spiro atoms. The number of nitrogens with zero attached hydrogens (tertiary/aromatic N) is 1. The third-order valence-electron chi connectivity index (χ3n) is 3.17. The van der Waals surface area contributed by atoms with E-state index in [0.717, 1.165) is 12.2 Å². The monoisotopic (exact) mass is 239 g/mol. The van der Waals surface area contributed by atoms with Crippen molar-refractivity contribution in [2.75, 3.05) is 6.54 Å². The first kappa shape index (κ1) is 12.0. The minimum atomic E-state index is 0.567. The van der Waals surface area contributed by atoms with Crippen molar-refractivity contribution in [1.82, 2.24) is 15.6 Å². The molecule has 2 rings (SSSR count). The van der Waals surface area contributed by atoms with Crippen molar-refractivity contribution in [3.63, 3.8) is 0 Å². The van der Waals surface area contributed by atoms with Crippen molar-refractivity contribution in [2.24, 2.45) is 0 Å². The van der Waals surface area contributed by atoms with Crippen LogP contribution in [0, 0.1) is 0 Å². The number of piperidine rings is 1. The van der Waals surface area contributed by atoms with E-state index in [2.05, 4.69) is 27.9 Å². The number of nitrogens with one attached hydrogen (secondary N) is 2. The average Bonchev–Trinajstić information content (AvgIpc) is 2.81. The first-order valence-corrected chi connectivity index (χ1v) is 7.12. The Balaban J connectivity index is 1.65. The standard InChI is InChI=1S/C12H21N3S/c1-10(6-11-4-2-3-5-13-11)14-7-12-8-16-9-15-12/h8-11,13-14H,2-7H2,1H3. The fourth-order valence-electron chi connectivity index (χ4n) is 2.24. The van der Waals surface area contributed by atoms with Gasteiger partial charge in [-0.1, -0.05) is 6.42 Å². The molecule has 4 heteroatoms. The smallest absolute Gasteiger partial charge is 0.0795 e. The SMILES string of the molecule is CC(CC1CCCCN1)NCc1cscn1. The molecule has 1 aliphatic rings. The van der Waals surface area contributed by atoms with E-state index in [-0.39, 0.29) is 0 Å². The Morgan fingerprint density at radius 3 is 3.25 bits per heavy atom. The molecule has 1 aliphatic heterocycles. The summed E-state index contributed by atoms with van der Waals surface area (Å²) in [6.45, 7) is 4.36. The lowest BCUT2D eigenvalue weighted by atomic mass is 9.99. The van der Waals surface area contributed by atoms with Gasteiger partial charge in [0.25, 0.3) is 0 Å². The summed E-state index contributed by atoms with van der Waals surface area (Å²) in [7, 11) is 0. The van der Waals surface area contributed by atoms with Gasteiger partial charge in [0.15, 0.2) is 0 Å². The van der Waals surface area contributed by atoms with E-state index in [1.807, 2.05) is 5.51 Å². The Kier molecular flexibility index (Phi) is 4.75. The van der Waals surface area contributed by atoms with Gasteiger partial charge in [0.2, 0.25) is 0 Å². The molecule has 1 aromatic rings. The van der Waals surface area contributed by atoms with E-state index >= 15 is 0 Å². The Bertz CT molecular complexity index is 280. The number of rotatable bonds is 5. The molecule has 0 bridgehead atoms. The maximum absolute atomic E-state index is 4.28. The van der Waals surface area contributed by atoms with Gasteiger partial charge in [-0.2, -0.15) is 0 Å². The molecular formula is C12H21N3S. The predicted molar refractivity (Wildman–Crippen MR) is 68.7 cm³/mol. The summed E-state index contributed by atoms with van der Waals surface area (Å²) >= 11 is 1.66. The maximum Gasteiger partial charge on any atom is 0.0795 e. The Morgan fingerprint density at radius 1 is 1.62 bits per heavy atom. The van der Waals surface area contributed by atoms with Crippen molar-refractivity contribution >= 4 is 11.3 Å². The van der Waals surface area contributed by atoms with Gasteiger partial charge in [0, 0.05) is 24.0 Å². The first-order chi connectivity index (χ1) is 7.84. The molecule has 1 aromatic heterocycles. The van der Waals surface area contributed by atoms with Crippen LogP contribution in [0.15, 0.2) is 10.9 Å². The van der Waals surface area contributed by atoms with Gasteiger partial charge >= 0.3 is 0 Å². The summed E-state index contributed by atoms with van der Waals surface area (Å²) in [5.74, 6) is 0. The van der Waals surface area contributed by atoms with Crippen LogP contribution in [0.4, 0.5) is 0 Å². The summed E-state index contributed by atoms with van der Waals surface area (Å²) in [4.78, 5) is 4.28. The molecule has 3 nitrogen and oxygen atoms in total. The zero-order valence-electron chi connectivity index (χ0n) is 9.91. The number of aromatic nitrogens is 1. The Labute approximate surface area is 102 Å². The molecule has 16 heavy (non-hydrogen) atoms. The van der Waals surface area contributed by atoms with E-state index in [1.165, 1.54) is 32.2 Å². The third kappa shape index (κ3) is 3.85. The molecule has 0 saturated carbocycles. The van der Waals surface area contributed by atoms with Crippen LogP contribution in [0.1, 0.15) is 38.3 Å². The highest BCUT2D eigenvalue weighted by Crippen LogP contribution is 2.12. The molecule has 2 atom stereocenters. The highest BCUT2D eigenvalue weighted by molar-refractivity contribution is 7.07. The summed E-state index contributed by atoms with van der Waals surface area (Å²) in [6, 6.07) is 1.28. The van der Waals surface area contributed by atoms with Crippen LogP contribution in [0.25, 0.3) is 0 Å². The number of hydrogen-bond acceptors (Lipinski definition) is 4. The van der Waals surface area contributed by atoms with Gasteiger partial charge in [-0.3, -0.25) is 0 Å². The fraction of sp³-hybridized carbons (Fsp3) is 0.750. The van der Waals surface area contributed by atoms with Gasteiger partial charge < -0.3 is 10.6 Å². The number of thiazole rings is 1. The quantitative estimate of drug-likeness (QED) is 0.827. The summed E-state index contributed by atoms with van der Waals surface area (Å²) in [5.41, 5.74) is 3.05. The van der Waals surface area contributed by atoms with Crippen LogP contribution in [-0.4, -0.2) is 23.6 Å². The van der Waals surface area contributed by atoms with Crippen molar-refractivity contribution in [1.29, 1.82) is 0 Å². The molecule has 1 saturated heterocycles. The normalized spacial score (nSPS) is 23.2. The van der Waals surface area contributed by atoms with Crippen LogP contribution >= 0.6 is 11.3 Å². The van der Waals surface area contributed by atoms with E-state index in [9.17, 15) is 0 Å². The Morgan fingerprint density at radius 2 is 2.56 bits per heavy atom. The van der Waals surface area contributed by atoms with Crippen LogP contribution in [0.3, 0.4) is 0 Å². The summed E-state index contributed by atoms with van der Waals surface area (Å²) in [5, 5.41) is 9.24. The first-order valence-electron chi connectivity index (χ1n) is 6.18. The van der Waals surface area contributed by atoms with E-state index in [4.69, 9.17) is 0 Å². The second-order valence-corrected chi connectivity index (χ2v) is 5.36. The Hall–Kier alpha value is -0.450. The highest BCUT2D eigenvalue weighted by atomic mass is 32.1. The topological polar surface area (TPSA) is 37.0 Å². The molecule has 2 unspecified atom stereocenters. The lowest BCUT2D eigenvalue weighted by Crippen LogP contribution is -2.39. The second-order valence-electron chi connectivity index (χ2n) is 4.64. The van der Waals surface area contributed by atoms with Crippen molar-refractivity contribution in [3.05, 3.63) is 16.6 Å². The van der Waals surface area contributed by atoms with E-state index in [1.54, 1.807) is 11.3 Å². The van der Waals surface area contributed by atoms with Crippen molar-refractivity contribution in [2.45, 2.75) is 51.2 Å². The molecule has 90 valence electrons. The van der Waals surface area contributed by atoms with Crippen LogP contribution in [0.2, 0.25) is 0 Å². The molecular weight excluding hydrogens is 218 g/mol. The lowest BCUT2D eigenvalue weighted by molar-refractivity contribution is 0.344. The minimum absolute atomic E-state index is 0.567. The highest BCUT2D eigenvalue weighted by Gasteiger charge is 2.15. The molecule has 0 amide bonds. The predicted octanol–water partition coefficient (Wildman–Crippen LogP) is 2.15. The van der Waals surface area contributed by atoms with Gasteiger partial charge in [-0.15, -0.1) is 11.3 Å². The van der Waals surface area contributed by atoms with E-state index in [0.29, 0.717) is 12.1 Å². The fourth-order valence-corrected chi connectivity index (χ4v) is 2.80. The van der Waals surface area contributed by atoms with Crippen molar-refractivity contribution in [3.8, 4) is 0 Å².